The second-order valence-electron chi connectivity index (χ2n) is 1.94. The van der Waals surface area contributed by atoms with Crippen LogP contribution >= 0.6 is 0 Å². The largest absolute Gasteiger partial charge is 0.364 e. The fraction of sp³-hybridized carbons (Fsp3) is 0. The van der Waals surface area contributed by atoms with E-state index in [0.717, 1.165) is 11.3 Å². The molecule has 0 atom stereocenters. The summed E-state index contributed by atoms with van der Waals surface area (Å²) in [5, 5.41) is 7.62. The van der Waals surface area contributed by atoms with Gasteiger partial charge in [-0.15, -0.1) is 0 Å². The molecule has 1 aromatic heterocycles. The molecule has 0 bridgehead atoms. The van der Waals surface area contributed by atoms with Crippen molar-refractivity contribution in [2.24, 2.45) is 0 Å². The monoisotopic (exact) mass is 133 g/mol. The molecule has 2 rings (SSSR count). The van der Waals surface area contributed by atoms with E-state index in [0.29, 0.717) is 0 Å². The second-order valence-corrected chi connectivity index (χ2v) is 1.94. The standard InChI is InChI=1S/C7H5N2O/c1-2-7(8-3-1)6-4-9-10-5-6/h1-5H. The summed E-state index contributed by atoms with van der Waals surface area (Å²) in [7, 11) is 0. The first-order chi connectivity index (χ1) is 4.97. The van der Waals surface area contributed by atoms with Crippen LogP contribution in [0.4, 0.5) is 0 Å². The van der Waals surface area contributed by atoms with Crippen LogP contribution in [-0.2, 0) is 0 Å². The SMILES string of the molecule is C1=C[N]C(c2cnoc2)=C1. The van der Waals surface area contributed by atoms with Crippen LogP contribution < -0.4 is 5.32 Å². The molecule has 1 aliphatic rings. The lowest BCUT2D eigenvalue weighted by atomic mass is 10.3. The van der Waals surface area contributed by atoms with Crippen molar-refractivity contribution in [2.45, 2.75) is 0 Å². The highest BCUT2D eigenvalue weighted by Gasteiger charge is 2.04. The number of hydrogen-bond acceptors (Lipinski definition) is 2. The van der Waals surface area contributed by atoms with Gasteiger partial charge in [0.15, 0.2) is 0 Å². The van der Waals surface area contributed by atoms with E-state index in [1.54, 1.807) is 18.7 Å². The summed E-state index contributed by atoms with van der Waals surface area (Å²) >= 11 is 0. The van der Waals surface area contributed by atoms with Crippen LogP contribution in [0.1, 0.15) is 5.56 Å². The first-order valence-corrected chi connectivity index (χ1v) is 2.94. The average Bonchev–Trinajstić information content (AvgIpc) is 2.59. The Kier molecular flexibility index (Phi) is 1.07. The summed E-state index contributed by atoms with van der Waals surface area (Å²) in [5.41, 5.74) is 1.83. The maximum absolute atomic E-state index is 4.65. The molecule has 1 aromatic rings. The van der Waals surface area contributed by atoms with E-state index in [1.165, 1.54) is 0 Å². The fourth-order valence-corrected chi connectivity index (χ4v) is 0.803. The second kappa shape index (κ2) is 2.02. The van der Waals surface area contributed by atoms with Crippen molar-refractivity contribution in [2.75, 3.05) is 0 Å². The first kappa shape index (κ1) is 5.29. The highest BCUT2D eigenvalue weighted by molar-refractivity contribution is 5.66. The number of rotatable bonds is 1. The predicted octanol–water partition coefficient (Wildman–Crippen LogP) is 1.15. The van der Waals surface area contributed by atoms with Gasteiger partial charge in [-0.3, -0.25) is 5.32 Å². The Morgan fingerprint density at radius 1 is 1.40 bits per heavy atom. The van der Waals surface area contributed by atoms with E-state index in [-0.39, 0.29) is 0 Å². The molecule has 0 aromatic carbocycles. The lowest BCUT2D eigenvalue weighted by molar-refractivity contribution is 0.419. The maximum atomic E-state index is 4.65. The van der Waals surface area contributed by atoms with E-state index in [4.69, 9.17) is 0 Å². The Morgan fingerprint density at radius 3 is 3.00 bits per heavy atom. The zero-order valence-corrected chi connectivity index (χ0v) is 5.19. The van der Waals surface area contributed by atoms with E-state index >= 15 is 0 Å². The van der Waals surface area contributed by atoms with Crippen molar-refractivity contribution in [3.8, 4) is 0 Å². The molecule has 2 heterocycles. The molecular weight excluding hydrogens is 128 g/mol. The molecule has 1 radical (unpaired) electrons. The lowest BCUT2D eigenvalue weighted by Gasteiger charge is -1.91. The third-order valence-electron chi connectivity index (χ3n) is 1.28. The highest BCUT2D eigenvalue weighted by atomic mass is 16.5. The Labute approximate surface area is 58.0 Å². The van der Waals surface area contributed by atoms with Crippen molar-refractivity contribution in [1.29, 1.82) is 0 Å². The summed E-state index contributed by atoms with van der Waals surface area (Å²) in [6.45, 7) is 0. The summed E-state index contributed by atoms with van der Waals surface area (Å²) in [6, 6.07) is 0. The number of hydrogen-bond donors (Lipinski definition) is 0. The molecular formula is C7H5N2O. The van der Waals surface area contributed by atoms with E-state index in [9.17, 15) is 0 Å². The van der Waals surface area contributed by atoms with Gasteiger partial charge in [-0.25, -0.2) is 0 Å². The van der Waals surface area contributed by atoms with E-state index in [1.807, 2.05) is 12.2 Å². The van der Waals surface area contributed by atoms with Crippen LogP contribution in [0.25, 0.3) is 5.70 Å². The molecule has 10 heavy (non-hydrogen) atoms. The Morgan fingerprint density at radius 2 is 2.40 bits per heavy atom. The molecule has 49 valence electrons. The number of aromatic nitrogens is 1. The van der Waals surface area contributed by atoms with E-state index in [2.05, 4.69) is 15.0 Å². The summed E-state index contributed by atoms with van der Waals surface area (Å²) < 4.78 is 4.65. The smallest absolute Gasteiger partial charge is 0.133 e. The van der Waals surface area contributed by atoms with Gasteiger partial charge in [-0.05, 0) is 12.2 Å². The quantitative estimate of drug-likeness (QED) is 0.576. The minimum atomic E-state index is 0.904. The summed E-state index contributed by atoms with van der Waals surface area (Å²) in [4.78, 5) is 0. The fourth-order valence-electron chi connectivity index (χ4n) is 0.803. The third-order valence-corrected chi connectivity index (χ3v) is 1.28. The summed E-state index contributed by atoms with van der Waals surface area (Å²) in [6.07, 6.45) is 8.74. The molecule has 0 unspecified atom stereocenters. The lowest BCUT2D eigenvalue weighted by Crippen LogP contribution is -1.88. The van der Waals surface area contributed by atoms with Gasteiger partial charge in [0.2, 0.25) is 0 Å². The Balaban J connectivity index is 2.30. The van der Waals surface area contributed by atoms with Gasteiger partial charge in [0.05, 0.1) is 17.5 Å². The molecule has 1 aliphatic heterocycles. The van der Waals surface area contributed by atoms with Gasteiger partial charge >= 0.3 is 0 Å². The van der Waals surface area contributed by atoms with Crippen LogP contribution in [0.3, 0.4) is 0 Å². The van der Waals surface area contributed by atoms with Gasteiger partial charge in [0.25, 0.3) is 0 Å². The van der Waals surface area contributed by atoms with Crippen molar-refractivity contribution in [1.82, 2.24) is 10.5 Å². The Hall–Kier alpha value is -1.51. The molecule has 3 heteroatoms. The first-order valence-electron chi connectivity index (χ1n) is 2.94. The van der Waals surface area contributed by atoms with E-state index < -0.39 is 0 Å². The molecule has 0 aliphatic carbocycles. The highest BCUT2D eigenvalue weighted by Crippen LogP contribution is 2.14. The molecule has 0 saturated heterocycles. The Bertz CT molecular complexity index is 272. The number of nitrogens with zero attached hydrogens (tertiary/aromatic N) is 2. The van der Waals surface area contributed by atoms with Gasteiger partial charge in [0, 0.05) is 6.20 Å². The van der Waals surface area contributed by atoms with Crippen LogP contribution in [0.5, 0.6) is 0 Å². The zero-order valence-electron chi connectivity index (χ0n) is 5.19. The average molecular weight is 133 g/mol. The minimum absolute atomic E-state index is 0.904. The van der Waals surface area contributed by atoms with Crippen molar-refractivity contribution in [3.63, 3.8) is 0 Å². The molecule has 0 spiro atoms. The van der Waals surface area contributed by atoms with Gasteiger partial charge in [0.1, 0.15) is 6.26 Å². The molecule has 3 nitrogen and oxygen atoms in total. The van der Waals surface area contributed by atoms with Gasteiger partial charge < -0.3 is 4.52 Å². The van der Waals surface area contributed by atoms with Crippen molar-refractivity contribution >= 4 is 5.70 Å². The zero-order chi connectivity index (χ0) is 6.81. The van der Waals surface area contributed by atoms with Crippen LogP contribution in [0.2, 0.25) is 0 Å². The molecule has 0 saturated carbocycles. The van der Waals surface area contributed by atoms with Gasteiger partial charge in [-0.1, -0.05) is 5.16 Å². The van der Waals surface area contributed by atoms with Crippen LogP contribution in [0.15, 0.2) is 35.3 Å². The molecule has 0 N–H and O–H groups in total. The maximum Gasteiger partial charge on any atom is 0.133 e. The van der Waals surface area contributed by atoms with Crippen molar-refractivity contribution < 1.29 is 4.52 Å². The summed E-state index contributed by atoms with van der Waals surface area (Å²) in [5.74, 6) is 0. The minimum Gasteiger partial charge on any atom is -0.364 e. The molecule has 0 fully saturated rings. The number of allylic oxidation sites excluding steroid dienone is 2. The topological polar surface area (TPSA) is 40.1 Å². The molecule has 0 amide bonds. The van der Waals surface area contributed by atoms with Crippen molar-refractivity contribution in [3.05, 3.63) is 36.4 Å². The van der Waals surface area contributed by atoms with Crippen LogP contribution in [-0.4, -0.2) is 5.16 Å². The van der Waals surface area contributed by atoms with Crippen LogP contribution in [0, 0.1) is 0 Å². The third kappa shape index (κ3) is 0.719. The normalized spacial score (nSPS) is 15.0. The predicted molar refractivity (Wildman–Crippen MR) is 35.8 cm³/mol. The van der Waals surface area contributed by atoms with Gasteiger partial charge in [-0.2, -0.15) is 0 Å².